The number of anilines is 1. The quantitative estimate of drug-likeness (QED) is 0.862. The number of nitrogens with one attached hydrogen (secondary N) is 1. The predicted molar refractivity (Wildman–Crippen MR) is 89.7 cm³/mol. The summed E-state index contributed by atoms with van der Waals surface area (Å²) >= 11 is 0. The van der Waals surface area contributed by atoms with E-state index in [1.807, 2.05) is 37.2 Å². The van der Waals surface area contributed by atoms with Crippen molar-refractivity contribution in [3.63, 3.8) is 0 Å². The van der Waals surface area contributed by atoms with Crippen LogP contribution in [-0.2, 0) is 11.3 Å². The lowest BCUT2D eigenvalue weighted by atomic mass is 10.1. The summed E-state index contributed by atoms with van der Waals surface area (Å²) in [6.45, 7) is 0.395. The molecule has 2 aromatic carbocycles. The molecule has 0 aromatic heterocycles. The molecule has 0 radical (unpaired) electrons. The van der Waals surface area contributed by atoms with Crippen LogP contribution in [0.5, 0.6) is 0 Å². The van der Waals surface area contributed by atoms with Crippen molar-refractivity contribution >= 4 is 17.6 Å². The SMILES string of the molecule is COC(=O)c1ccc(CNC(=O)c2cccc(N(C)C)c2)cc1. The molecule has 5 heteroatoms. The maximum absolute atomic E-state index is 12.2. The number of carbonyl (C=O) groups excluding carboxylic acids is 2. The molecular formula is C18H20N2O3. The zero-order valence-electron chi connectivity index (χ0n) is 13.5. The van der Waals surface area contributed by atoms with E-state index in [1.54, 1.807) is 30.3 Å². The minimum atomic E-state index is -0.374. The minimum absolute atomic E-state index is 0.134. The zero-order chi connectivity index (χ0) is 16.8. The largest absolute Gasteiger partial charge is 0.465 e. The zero-order valence-corrected chi connectivity index (χ0v) is 13.5. The summed E-state index contributed by atoms with van der Waals surface area (Å²) in [6, 6.07) is 14.4. The van der Waals surface area contributed by atoms with Gasteiger partial charge in [-0.2, -0.15) is 0 Å². The number of ether oxygens (including phenoxy) is 1. The number of rotatable bonds is 5. The fourth-order valence-electron chi connectivity index (χ4n) is 2.09. The molecule has 0 spiro atoms. The topological polar surface area (TPSA) is 58.6 Å². The Morgan fingerprint density at radius 1 is 1.04 bits per heavy atom. The molecule has 1 N–H and O–H groups in total. The fourth-order valence-corrected chi connectivity index (χ4v) is 2.09. The van der Waals surface area contributed by atoms with Gasteiger partial charge in [0, 0.05) is 31.9 Å². The van der Waals surface area contributed by atoms with Crippen molar-refractivity contribution in [2.75, 3.05) is 26.1 Å². The highest BCUT2D eigenvalue weighted by molar-refractivity contribution is 5.95. The van der Waals surface area contributed by atoms with E-state index >= 15 is 0 Å². The van der Waals surface area contributed by atoms with E-state index in [0.29, 0.717) is 17.7 Å². The third kappa shape index (κ3) is 4.32. The van der Waals surface area contributed by atoms with Crippen LogP contribution >= 0.6 is 0 Å². The lowest BCUT2D eigenvalue weighted by molar-refractivity contribution is 0.0600. The lowest BCUT2D eigenvalue weighted by Gasteiger charge is -2.13. The van der Waals surface area contributed by atoms with Gasteiger partial charge >= 0.3 is 5.97 Å². The second-order valence-electron chi connectivity index (χ2n) is 5.32. The van der Waals surface area contributed by atoms with Crippen molar-refractivity contribution in [3.8, 4) is 0 Å². The van der Waals surface area contributed by atoms with Crippen LogP contribution in [0.3, 0.4) is 0 Å². The van der Waals surface area contributed by atoms with E-state index in [4.69, 9.17) is 0 Å². The molecular weight excluding hydrogens is 292 g/mol. The van der Waals surface area contributed by atoms with Crippen molar-refractivity contribution in [1.82, 2.24) is 5.32 Å². The molecule has 0 fully saturated rings. The Bertz CT molecular complexity index is 694. The smallest absolute Gasteiger partial charge is 0.337 e. The number of hydrogen-bond donors (Lipinski definition) is 1. The first kappa shape index (κ1) is 16.5. The molecule has 0 saturated carbocycles. The Balaban J connectivity index is 1.99. The second-order valence-corrected chi connectivity index (χ2v) is 5.32. The highest BCUT2D eigenvalue weighted by atomic mass is 16.5. The second kappa shape index (κ2) is 7.45. The van der Waals surface area contributed by atoms with E-state index in [0.717, 1.165) is 11.3 Å². The molecule has 0 unspecified atom stereocenters. The van der Waals surface area contributed by atoms with Crippen molar-refractivity contribution in [2.45, 2.75) is 6.54 Å². The van der Waals surface area contributed by atoms with Crippen LogP contribution in [0.15, 0.2) is 48.5 Å². The first-order valence-corrected chi connectivity index (χ1v) is 7.24. The first-order valence-electron chi connectivity index (χ1n) is 7.24. The average molecular weight is 312 g/mol. The highest BCUT2D eigenvalue weighted by Crippen LogP contribution is 2.13. The maximum Gasteiger partial charge on any atom is 0.337 e. The maximum atomic E-state index is 12.2. The van der Waals surface area contributed by atoms with Gasteiger partial charge in [0.1, 0.15) is 0 Å². The third-order valence-corrected chi connectivity index (χ3v) is 3.45. The van der Waals surface area contributed by atoms with Crippen LogP contribution in [0.25, 0.3) is 0 Å². The van der Waals surface area contributed by atoms with Gasteiger partial charge in [-0.25, -0.2) is 4.79 Å². The van der Waals surface area contributed by atoms with Gasteiger partial charge in [-0.15, -0.1) is 0 Å². The van der Waals surface area contributed by atoms with E-state index in [2.05, 4.69) is 10.1 Å². The van der Waals surface area contributed by atoms with Crippen LogP contribution in [0.4, 0.5) is 5.69 Å². The number of nitrogens with zero attached hydrogens (tertiary/aromatic N) is 1. The molecule has 23 heavy (non-hydrogen) atoms. The van der Waals surface area contributed by atoms with E-state index in [9.17, 15) is 9.59 Å². The molecule has 0 aliphatic carbocycles. The summed E-state index contributed by atoms with van der Waals surface area (Å²) in [5, 5.41) is 2.87. The van der Waals surface area contributed by atoms with Crippen molar-refractivity contribution in [3.05, 3.63) is 65.2 Å². The molecule has 1 amide bonds. The molecule has 120 valence electrons. The number of amides is 1. The third-order valence-electron chi connectivity index (χ3n) is 3.45. The van der Waals surface area contributed by atoms with Gasteiger partial charge in [-0.3, -0.25) is 4.79 Å². The van der Waals surface area contributed by atoms with Crippen LogP contribution in [-0.4, -0.2) is 33.1 Å². The number of methoxy groups -OCH3 is 1. The Labute approximate surface area is 135 Å². The molecule has 2 rings (SSSR count). The Morgan fingerprint density at radius 3 is 2.35 bits per heavy atom. The summed E-state index contributed by atoms with van der Waals surface area (Å²) in [7, 11) is 5.21. The van der Waals surface area contributed by atoms with Gasteiger partial charge < -0.3 is 15.0 Å². The molecule has 5 nitrogen and oxygen atoms in total. The minimum Gasteiger partial charge on any atom is -0.465 e. The van der Waals surface area contributed by atoms with Crippen LogP contribution in [0.2, 0.25) is 0 Å². The highest BCUT2D eigenvalue weighted by Gasteiger charge is 2.08. The summed E-state index contributed by atoms with van der Waals surface area (Å²) in [6.07, 6.45) is 0. The van der Waals surface area contributed by atoms with Crippen molar-refractivity contribution in [1.29, 1.82) is 0 Å². The molecule has 0 atom stereocenters. The average Bonchev–Trinajstić information content (AvgIpc) is 2.59. The number of benzene rings is 2. The van der Waals surface area contributed by atoms with E-state index in [-0.39, 0.29) is 11.9 Å². The Kier molecular flexibility index (Phi) is 5.36. The first-order chi connectivity index (χ1) is 11.0. The summed E-state index contributed by atoms with van der Waals surface area (Å²) < 4.78 is 4.65. The normalized spacial score (nSPS) is 10.0. The summed E-state index contributed by atoms with van der Waals surface area (Å²) in [5.74, 6) is -0.508. The number of carbonyl (C=O) groups is 2. The fraction of sp³-hybridized carbons (Fsp3) is 0.222. The molecule has 0 bridgehead atoms. The van der Waals surface area contributed by atoms with Crippen LogP contribution in [0, 0.1) is 0 Å². The standard InChI is InChI=1S/C18H20N2O3/c1-20(2)16-6-4-5-15(11-16)17(21)19-12-13-7-9-14(10-8-13)18(22)23-3/h4-11H,12H2,1-3H3,(H,19,21). The Hall–Kier alpha value is -2.82. The van der Waals surface area contributed by atoms with Gasteiger partial charge in [0.2, 0.25) is 0 Å². The molecule has 0 aliphatic rings. The van der Waals surface area contributed by atoms with Gasteiger partial charge in [-0.05, 0) is 35.9 Å². The number of esters is 1. The van der Waals surface area contributed by atoms with Crippen molar-refractivity contribution < 1.29 is 14.3 Å². The molecule has 0 saturated heterocycles. The Morgan fingerprint density at radius 2 is 1.74 bits per heavy atom. The summed E-state index contributed by atoms with van der Waals surface area (Å²) in [5.41, 5.74) is 2.98. The van der Waals surface area contributed by atoms with E-state index in [1.165, 1.54) is 7.11 Å². The monoisotopic (exact) mass is 312 g/mol. The van der Waals surface area contributed by atoms with E-state index < -0.39 is 0 Å². The van der Waals surface area contributed by atoms with Gasteiger partial charge in [0.25, 0.3) is 5.91 Å². The molecule has 2 aromatic rings. The summed E-state index contributed by atoms with van der Waals surface area (Å²) in [4.78, 5) is 25.5. The van der Waals surface area contributed by atoms with Crippen molar-refractivity contribution in [2.24, 2.45) is 0 Å². The molecule has 0 heterocycles. The predicted octanol–water partition coefficient (Wildman–Crippen LogP) is 2.47. The van der Waals surface area contributed by atoms with Gasteiger partial charge in [0.05, 0.1) is 12.7 Å². The lowest BCUT2D eigenvalue weighted by Crippen LogP contribution is -2.23. The molecule has 0 aliphatic heterocycles. The van der Waals surface area contributed by atoms with Gasteiger partial charge in [0.15, 0.2) is 0 Å². The van der Waals surface area contributed by atoms with Gasteiger partial charge in [-0.1, -0.05) is 18.2 Å². The van der Waals surface area contributed by atoms with Crippen LogP contribution in [0.1, 0.15) is 26.3 Å². The van der Waals surface area contributed by atoms with Crippen LogP contribution < -0.4 is 10.2 Å². The number of hydrogen-bond acceptors (Lipinski definition) is 4.